The fourth-order valence-corrected chi connectivity index (χ4v) is 5.50. The number of rotatable bonds is 6. The second-order valence-electron chi connectivity index (χ2n) is 10.9. The summed E-state index contributed by atoms with van der Waals surface area (Å²) >= 11 is 0. The van der Waals surface area contributed by atoms with E-state index < -0.39 is 5.41 Å². The van der Waals surface area contributed by atoms with Gasteiger partial charge in [0.05, 0.1) is 25.2 Å². The van der Waals surface area contributed by atoms with Crippen molar-refractivity contribution >= 4 is 5.97 Å². The lowest BCUT2D eigenvalue weighted by molar-refractivity contribution is -0.149. The molecule has 2 atom stereocenters. The number of benzene rings is 1. The first-order valence-electron chi connectivity index (χ1n) is 12.3. The van der Waals surface area contributed by atoms with Crippen LogP contribution in [0, 0.1) is 5.92 Å². The fourth-order valence-electron chi connectivity index (χ4n) is 5.50. The maximum Gasteiger partial charge on any atom is 0.315 e. The van der Waals surface area contributed by atoms with Crippen LogP contribution in [-0.4, -0.2) is 61.0 Å². The predicted molar refractivity (Wildman–Crippen MR) is 128 cm³/mol. The number of carbonyl (C=O) groups is 1. The second-order valence-corrected chi connectivity index (χ2v) is 10.9. The Morgan fingerprint density at radius 2 is 2.00 bits per heavy atom. The monoisotopic (exact) mass is 457 g/mol. The molecule has 3 aliphatic rings. The fraction of sp³-hybridized carbons (Fsp3) is 0.667. The van der Waals surface area contributed by atoms with Crippen LogP contribution in [0.15, 0.2) is 23.8 Å². The van der Waals surface area contributed by atoms with Crippen LogP contribution >= 0.6 is 0 Å². The van der Waals surface area contributed by atoms with E-state index >= 15 is 0 Å². The van der Waals surface area contributed by atoms with Crippen LogP contribution in [0.25, 0.3) is 0 Å². The molecule has 1 aromatic carbocycles. The number of hydrogen-bond acceptors (Lipinski definition) is 6. The topological polar surface area (TPSA) is 68.2 Å². The van der Waals surface area contributed by atoms with Crippen molar-refractivity contribution in [1.29, 1.82) is 0 Å². The maximum atomic E-state index is 13.0. The van der Waals surface area contributed by atoms with Crippen LogP contribution in [0.1, 0.15) is 70.9 Å². The number of esters is 1. The van der Waals surface area contributed by atoms with Gasteiger partial charge in [-0.15, -0.1) is 0 Å². The number of phenolic OH excluding ortho intramolecular Hbond substituents is 1. The normalized spacial score (nSPS) is 24.8. The first-order chi connectivity index (χ1) is 15.6. The largest absolute Gasteiger partial charge is 0.508 e. The van der Waals surface area contributed by atoms with Crippen molar-refractivity contribution in [3.8, 4) is 11.5 Å². The number of fused-ring (bicyclic) bond motifs is 3. The zero-order valence-corrected chi connectivity index (χ0v) is 20.8. The molecule has 1 fully saturated rings. The lowest BCUT2D eigenvalue weighted by Crippen LogP contribution is -2.45. The van der Waals surface area contributed by atoms with Crippen LogP contribution < -0.4 is 4.74 Å². The molecule has 2 aliphatic heterocycles. The minimum absolute atomic E-state index is 0.218. The molecule has 182 valence electrons. The van der Waals surface area contributed by atoms with E-state index in [0.717, 1.165) is 57.7 Å². The molecule has 0 saturated carbocycles. The summed E-state index contributed by atoms with van der Waals surface area (Å²) in [5.41, 5.74) is 1.71. The van der Waals surface area contributed by atoms with E-state index in [-0.39, 0.29) is 23.2 Å². The molecule has 4 rings (SSSR count). The van der Waals surface area contributed by atoms with E-state index in [1.54, 1.807) is 6.07 Å². The minimum atomic E-state index is -0.891. The third-order valence-electron chi connectivity index (χ3n) is 7.69. The van der Waals surface area contributed by atoms with Gasteiger partial charge in [0.2, 0.25) is 0 Å². The predicted octanol–water partition coefficient (Wildman–Crippen LogP) is 4.55. The van der Waals surface area contributed by atoms with Gasteiger partial charge in [0, 0.05) is 37.0 Å². The van der Waals surface area contributed by atoms with Crippen molar-refractivity contribution < 1.29 is 24.1 Å². The Bertz CT molecular complexity index is 913. The summed E-state index contributed by atoms with van der Waals surface area (Å²) in [6.07, 6.45) is 4.96. The molecule has 0 radical (unpaired) electrons. The molecule has 6 nitrogen and oxygen atoms in total. The highest BCUT2D eigenvalue weighted by atomic mass is 16.5. The van der Waals surface area contributed by atoms with Crippen molar-refractivity contribution in [1.82, 2.24) is 4.90 Å². The Kier molecular flexibility index (Phi) is 6.79. The number of nitrogens with zero attached hydrogens (tertiary/aromatic N) is 1. The zero-order valence-electron chi connectivity index (χ0n) is 20.8. The molecule has 2 heterocycles. The summed E-state index contributed by atoms with van der Waals surface area (Å²) in [5.74, 6) is 1.16. The molecule has 33 heavy (non-hydrogen) atoms. The summed E-state index contributed by atoms with van der Waals surface area (Å²) in [7, 11) is 0. The maximum absolute atomic E-state index is 13.0. The van der Waals surface area contributed by atoms with Gasteiger partial charge in [-0.1, -0.05) is 11.6 Å². The van der Waals surface area contributed by atoms with E-state index in [2.05, 4.69) is 31.7 Å². The second kappa shape index (κ2) is 9.30. The van der Waals surface area contributed by atoms with Gasteiger partial charge in [0.15, 0.2) is 0 Å². The average Bonchev–Trinajstić information content (AvgIpc) is 2.76. The quantitative estimate of drug-likeness (QED) is 0.384. The minimum Gasteiger partial charge on any atom is -0.508 e. The number of aromatic hydroxyl groups is 1. The molecular weight excluding hydrogens is 418 g/mol. The highest BCUT2D eigenvalue weighted by Crippen LogP contribution is 2.54. The number of carbonyl (C=O) groups excluding carboxylic acids is 1. The van der Waals surface area contributed by atoms with Gasteiger partial charge < -0.3 is 19.3 Å². The third kappa shape index (κ3) is 4.92. The van der Waals surface area contributed by atoms with Gasteiger partial charge >= 0.3 is 5.97 Å². The van der Waals surface area contributed by atoms with Gasteiger partial charge in [-0.2, -0.15) is 0 Å². The number of allylic oxidation sites excluding steroid dienone is 2. The van der Waals surface area contributed by atoms with Gasteiger partial charge in [0.25, 0.3) is 0 Å². The summed E-state index contributed by atoms with van der Waals surface area (Å²) in [6, 6.07) is 3.68. The summed E-state index contributed by atoms with van der Waals surface area (Å²) in [6.45, 7) is 14.8. The Morgan fingerprint density at radius 3 is 2.73 bits per heavy atom. The molecule has 0 aromatic heterocycles. The van der Waals surface area contributed by atoms with Crippen molar-refractivity contribution in [2.24, 2.45) is 5.92 Å². The molecule has 1 aliphatic carbocycles. The Balaban J connectivity index is 1.48. The Hall–Kier alpha value is -2.05. The van der Waals surface area contributed by atoms with Crippen LogP contribution in [0.2, 0.25) is 0 Å². The van der Waals surface area contributed by atoms with Gasteiger partial charge in [0.1, 0.15) is 17.1 Å². The van der Waals surface area contributed by atoms with Crippen molar-refractivity contribution in [2.75, 3.05) is 39.5 Å². The number of phenols is 1. The van der Waals surface area contributed by atoms with Crippen LogP contribution in [0.4, 0.5) is 0 Å². The molecule has 0 amide bonds. The highest BCUT2D eigenvalue weighted by molar-refractivity contribution is 5.82. The number of morpholine rings is 1. The first-order valence-corrected chi connectivity index (χ1v) is 12.3. The first kappa shape index (κ1) is 24.1. The molecule has 1 N–H and O–H groups in total. The van der Waals surface area contributed by atoms with Crippen LogP contribution in [0.5, 0.6) is 11.5 Å². The van der Waals surface area contributed by atoms with Crippen LogP contribution in [-0.2, 0) is 19.7 Å². The molecular formula is C27H39NO5. The van der Waals surface area contributed by atoms with Crippen molar-refractivity contribution in [2.45, 2.75) is 70.8 Å². The average molecular weight is 458 g/mol. The lowest BCUT2D eigenvalue weighted by atomic mass is 9.67. The summed E-state index contributed by atoms with van der Waals surface area (Å²) in [5, 5.41) is 11.1. The zero-order chi connectivity index (χ0) is 23.8. The summed E-state index contributed by atoms with van der Waals surface area (Å²) < 4.78 is 17.5. The summed E-state index contributed by atoms with van der Waals surface area (Å²) in [4.78, 5) is 15.3. The van der Waals surface area contributed by atoms with Crippen molar-refractivity contribution in [3.63, 3.8) is 0 Å². The smallest absolute Gasteiger partial charge is 0.315 e. The highest BCUT2D eigenvalue weighted by Gasteiger charge is 2.46. The third-order valence-corrected chi connectivity index (χ3v) is 7.69. The van der Waals surface area contributed by atoms with E-state index in [4.69, 9.17) is 14.2 Å². The van der Waals surface area contributed by atoms with Crippen LogP contribution in [0.3, 0.4) is 0 Å². The standard InChI is InChI=1S/C27H39NO5/c1-18-7-8-21-20(15-18)24-22(29)16-19(17-23(24)33-27(21,4)5)26(2,3)25(30)32-12-6-9-28-10-13-31-14-11-28/h7,16-17,20-21,29H,6,8-15H2,1-5H3/t20-,21-/m1/s1. The molecule has 6 heteroatoms. The van der Waals surface area contributed by atoms with Gasteiger partial charge in [-0.05, 0) is 71.6 Å². The van der Waals surface area contributed by atoms with Gasteiger partial charge in [-0.3, -0.25) is 9.69 Å². The molecule has 1 aromatic rings. The SMILES string of the molecule is CC1=CC[C@@H]2[C@@H](C1)c1c(O)cc(C(C)(C)C(=O)OCCCN3CCOCC3)cc1OC2(C)C. The van der Waals surface area contributed by atoms with E-state index in [9.17, 15) is 9.90 Å². The Labute approximate surface area is 197 Å². The van der Waals surface area contributed by atoms with Gasteiger partial charge in [-0.25, -0.2) is 0 Å². The molecule has 1 saturated heterocycles. The number of hydrogen-bond donors (Lipinski definition) is 1. The van der Waals surface area contributed by atoms with Crippen molar-refractivity contribution in [3.05, 3.63) is 34.9 Å². The van der Waals surface area contributed by atoms with E-state index in [1.807, 2.05) is 19.9 Å². The number of ether oxygens (including phenoxy) is 3. The molecule has 0 spiro atoms. The van der Waals surface area contributed by atoms with E-state index in [1.165, 1.54) is 5.57 Å². The Morgan fingerprint density at radius 1 is 1.27 bits per heavy atom. The molecule has 0 bridgehead atoms. The lowest BCUT2D eigenvalue weighted by Gasteiger charge is -2.47. The van der Waals surface area contributed by atoms with E-state index in [0.29, 0.717) is 23.8 Å². The molecule has 0 unspecified atom stereocenters.